The van der Waals surface area contributed by atoms with Crippen LogP contribution in [-0.2, 0) is 6.54 Å². The zero-order valence-electron chi connectivity index (χ0n) is 9.84. The lowest BCUT2D eigenvalue weighted by Crippen LogP contribution is -2.09. The van der Waals surface area contributed by atoms with Crippen LogP contribution in [0.4, 0.5) is 4.39 Å². The summed E-state index contributed by atoms with van der Waals surface area (Å²) in [5.74, 6) is 0.138. The first-order chi connectivity index (χ1) is 8.60. The number of nitrogens with two attached hydrogens (primary N) is 1. The van der Waals surface area contributed by atoms with Gasteiger partial charge in [0.15, 0.2) is 5.82 Å². The van der Waals surface area contributed by atoms with E-state index in [1.54, 1.807) is 6.92 Å². The molecule has 5 nitrogen and oxygen atoms in total. The lowest BCUT2D eigenvalue weighted by molar-refractivity contribution is 0.579. The van der Waals surface area contributed by atoms with E-state index in [2.05, 4.69) is 10.1 Å². The molecule has 0 saturated carbocycles. The van der Waals surface area contributed by atoms with Gasteiger partial charge in [0.25, 0.3) is 0 Å². The zero-order chi connectivity index (χ0) is 13.1. The second-order valence-corrected chi connectivity index (χ2v) is 4.01. The van der Waals surface area contributed by atoms with E-state index in [0.29, 0.717) is 17.0 Å². The van der Waals surface area contributed by atoms with Crippen molar-refractivity contribution in [1.29, 1.82) is 5.26 Å². The fourth-order valence-electron chi connectivity index (χ4n) is 1.53. The van der Waals surface area contributed by atoms with Crippen LogP contribution < -0.4 is 5.73 Å². The van der Waals surface area contributed by atoms with Gasteiger partial charge in [-0.1, -0.05) is 0 Å². The van der Waals surface area contributed by atoms with E-state index in [1.807, 2.05) is 6.07 Å². The lowest BCUT2D eigenvalue weighted by atomic mass is 10.1. The fourth-order valence-corrected chi connectivity index (χ4v) is 1.53. The first-order valence-corrected chi connectivity index (χ1v) is 5.43. The first-order valence-electron chi connectivity index (χ1n) is 5.43. The summed E-state index contributed by atoms with van der Waals surface area (Å²) < 4.78 is 15.1. The molecular weight excluding hydrogens is 233 g/mol. The van der Waals surface area contributed by atoms with Crippen molar-refractivity contribution in [2.45, 2.75) is 19.5 Å². The van der Waals surface area contributed by atoms with Gasteiger partial charge in [-0.3, -0.25) is 0 Å². The smallest absolute Gasteiger partial charge is 0.166 e. The van der Waals surface area contributed by atoms with Crippen molar-refractivity contribution >= 4 is 0 Å². The third-order valence-electron chi connectivity index (χ3n) is 2.47. The first kappa shape index (κ1) is 12.2. The summed E-state index contributed by atoms with van der Waals surface area (Å²) in [5, 5.41) is 12.9. The molecule has 1 aromatic heterocycles. The molecule has 1 heterocycles. The second kappa shape index (κ2) is 4.94. The summed E-state index contributed by atoms with van der Waals surface area (Å²) in [5.41, 5.74) is 6.45. The Morgan fingerprint density at radius 3 is 2.94 bits per heavy atom. The van der Waals surface area contributed by atoms with Crippen molar-refractivity contribution in [2.24, 2.45) is 5.73 Å². The minimum atomic E-state index is -0.369. The quantitative estimate of drug-likeness (QED) is 0.885. The maximum absolute atomic E-state index is 13.6. The average Bonchev–Trinajstić information content (AvgIpc) is 2.81. The molecule has 0 amide bonds. The van der Waals surface area contributed by atoms with Crippen LogP contribution in [0.25, 0.3) is 0 Å². The number of nitrogens with zero attached hydrogens (tertiary/aromatic N) is 4. The lowest BCUT2D eigenvalue weighted by Gasteiger charge is -2.03. The zero-order valence-corrected chi connectivity index (χ0v) is 9.84. The van der Waals surface area contributed by atoms with Crippen LogP contribution in [0, 0.1) is 17.1 Å². The van der Waals surface area contributed by atoms with Crippen LogP contribution in [0.15, 0.2) is 24.5 Å². The van der Waals surface area contributed by atoms with Gasteiger partial charge in [0, 0.05) is 5.56 Å². The molecule has 0 radical (unpaired) electrons. The van der Waals surface area contributed by atoms with Gasteiger partial charge < -0.3 is 5.73 Å². The molecule has 0 spiro atoms. The van der Waals surface area contributed by atoms with Crippen molar-refractivity contribution in [2.75, 3.05) is 0 Å². The molecule has 6 heteroatoms. The van der Waals surface area contributed by atoms with Crippen molar-refractivity contribution in [3.05, 3.63) is 47.3 Å². The Bertz CT molecular complexity index is 597. The normalized spacial score (nSPS) is 12.1. The molecule has 2 N–H and O–H groups in total. The molecule has 92 valence electrons. The number of benzene rings is 1. The summed E-state index contributed by atoms with van der Waals surface area (Å²) in [7, 11) is 0. The van der Waals surface area contributed by atoms with Crippen LogP contribution >= 0.6 is 0 Å². The van der Waals surface area contributed by atoms with Crippen molar-refractivity contribution < 1.29 is 4.39 Å². The molecule has 1 aromatic carbocycles. The number of aromatic nitrogens is 3. The van der Waals surface area contributed by atoms with E-state index >= 15 is 0 Å². The molecule has 0 aliphatic rings. The van der Waals surface area contributed by atoms with Gasteiger partial charge in [-0.15, -0.1) is 0 Å². The number of rotatable bonds is 3. The number of hydrogen-bond acceptors (Lipinski definition) is 4. The van der Waals surface area contributed by atoms with E-state index in [0.717, 1.165) is 0 Å². The second-order valence-electron chi connectivity index (χ2n) is 4.01. The van der Waals surface area contributed by atoms with E-state index in [4.69, 9.17) is 11.0 Å². The van der Waals surface area contributed by atoms with Gasteiger partial charge in [0.05, 0.1) is 24.2 Å². The van der Waals surface area contributed by atoms with Crippen molar-refractivity contribution in [3.63, 3.8) is 0 Å². The van der Waals surface area contributed by atoms with Gasteiger partial charge in [0.2, 0.25) is 0 Å². The van der Waals surface area contributed by atoms with Crippen LogP contribution in [0.3, 0.4) is 0 Å². The third-order valence-corrected chi connectivity index (χ3v) is 2.47. The number of nitriles is 1. The molecule has 0 aliphatic carbocycles. The Kier molecular flexibility index (Phi) is 3.35. The van der Waals surface area contributed by atoms with Crippen LogP contribution in [0.2, 0.25) is 0 Å². The Labute approximate surface area is 104 Å². The molecule has 1 atom stereocenters. The van der Waals surface area contributed by atoms with Crippen molar-refractivity contribution in [1.82, 2.24) is 14.8 Å². The molecule has 1 unspecified atom stereocenters. The van der Waals surface area contributed by atoms with Gasteiger partial charge in [-0.2, -0.15) is 10.4 Å². The Morgan fingerprint density at radius 2 is 2.33 bits per heavy atom. The van der Waals surface area contributed by atoms with E-state index in [1.165, 1.54) is 29.2 Å². The highest BCUT2D eigenvalue weighted by atomic mass is 19.1. The molecule has 18 heavy (non-hydrogen) atoms. The SMILES string of the molecule is CC(N)c1ncn(Cc2cc(C#N)ccc2F)n1. The van der Waals surface area contributed by atoms with Gasteiger partial charge in [-0.05, 0) is 25.1 Å². The predicted octanol–water partition coefficient (Wildman–Crippen LogP) is 1.36. The summed E-state index contributed by atoms with van der Waals surface area (Å²) in [4.78, 5) is 4.02. The van der Waals surface area contributed by atoms with Crippen molar-refractivity contribution in [3.8, 4) is 6.07 Å². The molecule has 0 aliphatic heterocycles. The summed E-state index contributed by atoms with van der Waals surface area (Å²) in [6.45, 7) is 2.00. The maximum Gasteiger partial charge on any atom is 0.166 e. The summed E-state index contributed by atoms with van der Waals surface area (Å²) in [6.07, 6.45) is 1.50. The molecule has 2 aromatic rings. The van der Waals surface area contributed by atoms with Crippen LogP contribution in [0.1, 0.15) is 29.9 Å². The number of halogens is 1. The monoisotopic (exact) mass is 245 g/mol. The number of hydrogen-bond donors (Lipinski definition) is 1. The Morgan fingerprint density at radius 1 is 1.56 bits per heavy atom. The fraction of sp³-hybridized carbons (Fsp3) is 0.250. The van der Waals surface area contributed by atoms with Gasteiger partial charge in [-0.25, -0.2) is 14.1 Å². The highest BCUT2D eigenvalue weighted by Gasteiger charge is 2.08. The Hall–Kier alpha value is -2.26. The molecule has 0 bridgehead atoms. The molecule has 0 fully saturated rings. The van der Waals surface area contributed by atoms with Gasteiger partial charge in [0.1, 0.15) is 12.1 Å². The molecule has 0 saturated heterocycles. The molecular formula is C12H12FN5. The van der Waals surface area contributed by atoms with E-state index < -0.39 is 0 Å². The highest BCUT2D eigenvalue weighted by Crippen LogP contribution is 2.12. The topological polar surface area (TPSA) is 80.5 Å². The maximum atomic E-state index is 13.6. The van der Waals surface area contributed by atoms with Crippen LogP contribution in [0.5, 0.6) is 0 Å². The standard InChI is InChI=1S/C12H12FN5/c1-8(15)12-16-7-18(17-12)6-10-4-9(5-14)2-3-11(10)13/h2-4,7-8H,6,15H2,1H3. The minimum absolute atomic E-state index is 0.223. The highest BCUT2D eigenvalue weighted by molar-refractivity contribution is 5.33. The van der Waals surface area contributed by atoms with Gasteiger partial charge >= 0.3 is 0 Å². The summed E-state index contributed by atoms with van der Waals surface area (Å²) >= 11 is 0. The van der Waals surface area contributed by atoms with Crippen LogP contribution in [-0.4, -0.2) is 14.8 Å². The van der Waals surface area contributed by atoms with E-state index in [-0.39, 0.29) is 18.4 Å². The third kappa shape index (κ3) is 2.52. The molecule has 2 rings (SSSR count). The van der Waals surface area contributed by atoms with E-state index in [9.17, 15) is 4.39 Å². The Balaban J connectivity index is 2.25. The average molecular weight is 245 g/mol. The minimum Gasteiger partial charge on any atom is -0.321 e. The summed E-state index contributed by atoms with van der Waals surface area (Å²) in [6, 6.07) is 5.93. The predicted molar refractivity (Wildman–Crippen MR) is 62.8 cm³/mol. The largest absolute Gasteiger partial charge is 0.321 e.